The molecule has 0 aromatic carbocycles. The molecule has 1 aliphatic carbocycles. The summed E-state index contributed by atoms with van der Waals surface area (Å²) in [4.78, 5) is 22.0. The fourth-order valence-corrected chi connectivity index (χ4v) is 4.28. The molecule has 0 radical (unpaired) electrons. The standard InChI is InChI=1S/C19H25N3OS/c1-14-17(24-19(22-14)16-8-5-11-20-12-16)13-21-18(23)10-9-15-6-3-2-4-7-15/h5,8,11-12,15H,2-4,6-7,9-10,13H2,1H3,(H,21,23). The van der Waals surface area contributed by atoms with E-state index in [1.54, 1.807) is 17.5 Å². The zero-order valence-corrected chi connectivity index (χ0v) is 15.1. The Morgan fingerprint density at radius 2 is 2.17 bits per heavy atom. The van der Waals surface area contributed by atoms with E-state index in [9.17, 15) is 4.79 Å². The highest BCUT2D eigenvalue weighted by Gasteiger charge is 2.15. The molecule has 0 unspecified atom stereocenters. The fourth-order valence-electron chi connectivity index (χ4n) is 3.28. The Hall–Kier alpha value is -1.75. The molecule has 1 N–H and O–H groups in total. The molecule has 0 bridgehead atoms. The maximum absolute atomic E-state index is 12.1. The molecule has 2 aromatic heterocycles. The molecule has 1 fully saturated rings. The third kappa shape index (κ3) is 4.63. The topological polar surface area (TPSA) is 54.9 Å². The van der Waals surface area contributed by atoms with Gasteiger partial charge in [0.05, 0.1) is 12.2 Å². The van der Waals surface area contributed by atoms with Crippen molar-refractivity contribution in [1.29, 1.82) is 0 Å². The predicted molar refractivity (Wildman–Crippen MR) is 97.7 cm³/mol. The molecule has 2 heterocycles. The summed E-state index contributed by atoms with van der Waals surface area (Å²) in [6.45, 7) is 2.58. The quantitative estimate of drug-likeness (QED) is 0.841. The van der Waals surface area contributed by atoms with E-state index in [1.165, 1.54) is 32.1 Å². The van der Waals surface area contributed by atoms with Gasteiger partial charge in [-0.1, -0.05) is 32.1 Å². The molecule has 0 aliphatic heterocycles. The number of thiazole rings is 1. The van der Waals surface area contributed by atoms with E-state index in [2.05, 4.69) is 15.3 Å². The average Bonchev–Trinajstić information content (AvgIpc) is 3.01. The molecule has 128 valence electrons. The molecule has 24 heavy (non-hydrogen) atoms. The van der Waals surface area contributed by atoms with Crippen molar-refractivity contribution < 1.29 is 4.79 Å². The lowest BCUT2D eigenvalue weighted by Gasteiger charge is -2.20. The van der Waals surface area contributed by atoms with E-state index >= 15 is 0 Å². The van der Waals surface area contributed by atoms with Crippen molar-refractivity contribution in [3.8, 4) is 10.6 Å². The second kappa shape index (κ2) is 8.38. The Balaban J connectivity index is 1.49. The van der Waals surface area contributed by atoms with Gasteiger partial charge >= 0.3 is 0 Å². The van der Waals surface area contributed by atoms with Gasteiger partial charge in [-0.25, -0.2) is 4.98 Å². The Morgan fingerprint density at radius 3 is 2.92 bits per heavy atom. The van der Waals surface area contributed by atoms with E-state index < -0.39 is 0 Å². The zero-order chi connectivity index (χ0) is 16.8. The lowest BCUT2D eigenvalue weighted by molar-refractivity contribution is -0.121. The molecule has 0 spiro atoms. The van der Waals surface area contributed by atoms with Crippen LogP contribution in [0.4, 0.5) is 0 Å². The predicted octanol–water partition coefficient (Wildman–Crippen LogP) is 4.49. The molecule has 3 rings (SSSR count). The van der Waals surface area contributed by atoms with Crippen LogP contribution >= 0.6 is 11.3 Å². The van der Waals surface area contributed by atoms with Crippen LogP contribution in [0.5, 0.6) is 0 Å². The van der Waals surface area contributed by atoms with Crippen LogP contribution in [0, 0.1) is 12.8 Å². The summed E-state index contributed by atoms with van der Waals surface area (Å²) in [5, 5.41) is 4.02. The average molecular weight is 343 g/mol. The van der Waals surface area contributed by atoms with Crippen LogP contribution in [0.3, 0.4) is 0 Å². The summed E-state index contributed by atoms with van der Waals surface area (Å²) in [5.41, 5.74) is 2.02. The van der Waals surface area contributed by atoms with Crippen LogP contribution < -0.4 is 5.32 Å². The number of pyridine rings is 1. The first-order valence-electron chi connectivity index (χ1n) is 8.86. The summed E-state index contributed by atoms with van der Waals surface area (Å²) in [6.07, 6.45) is 11.9. The lowest BCUT2D eigenvalue weighted by atomic mass is 9.86. The number of aryl methyl sites for hydroxylation is 1. The van der Waals surface area contributed by atoms with Gasteiger partial charge in [0.15, 0.2) is 0 Å². The van der Waals surface area contributed by atoms with Crippen LogP contribution in [-0.2, 0) is 11.3 Å². The number of amides is 1. The highest BCUT2D eigenvalue weighted by Crippen LogP contribution is 2.28. The lowest BCUT2D eigenvalue weighted by Crippen LogP contribution is -2.23. The summed E-state index contributed by atoms with van der Waals surface area (Å²) in [7, 11) is 0. The number of carbonyl (C=O) groups is 1. The van der Waals surface area contributed by atoms with Crippen molar-refractivity contribution in [2.75, 3.05) is 0 Å². The monoisotopic (exact) mass is 343 g/mol. The van der Waals surface area contributed by atoms with Crippen LogP contribution in [-0.4, -0.2) is 15.9 Å². The molecular formula is C19H25N3OS. The van der Waals surface area contributed by atoms with Gasteiger partial charge in [0.2, 0.25) is 5.91 Å². The summed E-state index contributed by atoms with van der Waals surface area (Å²) >= 11 is 1.63. The molecule has 0 atom stereocenters. The first-order chi connectivity index (χ1) is 11.7. The summed E-state index contributed by atoms with van der Waals surface area (Å²) < 4.78 is 0. The molecule has 5 heteroatoms. The van der Waals surface area contributed by atoms with Gasteiger partial charge in [-0.3, -0.25) is 9.78 Å². The van der Waals surface area contributed by atoms with E-state index in [0.29, 0.717) is 13.0 Å². The Kier molecular flexibility index (Phi) is 5.96. The van der Waals surface area contributed by atoms with Crippen LogP contribution in [0.25, 0.3) is 10.6 Å². The van der Waals surface area contributed by atoms with Gasteiger partial charge in [-0.2, -0.15) is 0 Å². The van der Waals surface area contributed by atoms with Crippen LogP contribution in [0.2, 0.25) is 0 Å². The second-order valence-corrected chi connectivity index (χ2v) is 7.67. The van der Waals surface area contributed by atoms with Gasteiger partial charge in [-0.05, 0) is 31.4 Å². The first kappa shape index (κ1) is 17.1. The van der Waals surface area contributed by atoms with Crippen molar-refractivity contribution in [2.45, 2.75) is 58.4 Å². The maximum atomic E-state index is 12.1. The van der Waals surface area contributed by atoms with Crippen molar-refractivity contribution in [2.24, 2.45) is 5.92 Å². The number of rotatable bonds is 6. The molecule has 2 aromatic rings. The maximum Gasteiger partial charge on any atom is 0.220 e. The molecule has 1 saturated carbocycles. The molecule has 0 saturated heterocycles. The number of nitrogens with zero attached hydrogens (tertiary/aromatic N) is 2. The normalized spacial score (nSPS) is 15.4. The number of hydrogen-bond donors (Lipinski definition) is 1. The fraction of sp³-hybridized carbons (Fsp3) is 0.526. The summed E-state index contributed by atoms with van der Waals surface area (Å²) in [5.74, 6) is 0.920. The minimum Gasteiger partial charge on any atom is -0.351 e. The number of nitrogens with one attached hydrogen (secondary N) is 1. The van der Waals surface area contributed by atoms with Crippen molar-refractivity contribution in [1.82, 2.24) is 15.3 Å². The Bertz CT molecular complexity index is 663. The van der Waals surface area contributed by atoms with Crippen LogP contribution in [0.15, 0.2) is 24.5 Å². The van der Waals surface area contributed by atoms with E-state index in [-0.39, 0.29) is 5.91 Å². The minimum absolute atomic E-state index is 0.163. The van der Waals surface area contributed by atoms with Gasteiger partial charge in [0.25, 0.3) is 0 Å². The largest absolute Gasteiger partial charge is 0.351 e. The van der Waals surface area contributed by atoms with Gasteiger partial charge < -0.3 is 5.32 Å². The van der Waals surface area contributed by atoms with Crippen LogP contribution in [0.1, 0.15) is 55.5 Å². The Labute approximate surface area is 147 Å². The van der Waals surface area contributed by atoms with Crippen molar-refractivity contribution in [3.05, 3.63) is 35.1 Å². The molecular weight excluding hydrogens is 318 g/mol. The third-order valence-electron chi connectivity index (χ3n) is 4.75. The smallest absolute Gasteiger partial charge is 0.220 e. The highest BCUT2D eigenvalue weighted by atomic mass is 32.1. The second-order valence-electron chi connectivity index (χ2n) is 6.59. The van der Waals surface area contributed by atoms with Gasteiger partial charge in [-0.15, -0.1) is 11.3 Å². The van der Waals surface area contributed by atoms with E-state index in [4.69, 9.17) is 0 Å². The number of hydrogen-bond acceptors (Lipinski definition) is 4. The number of aromatic nitrogens is 2. The SMILES string of the molecule is Cc1nc(-c2cccnc2)sc1CNC(=O)CCC1CCCCC1. The minimum atomic E-state index is 0.163. The Morgan fingerprint density at radius 1 is 1.33 bits per heavy atom. The van der Waals surface area contributed by atoms with E-state index in [0.717, 1.165) is 33.5 Å². The van der Waals surface area contributed by atoms with Gasteiger partial charge in [0, 0.05) is 29.3 Å². The zero-order valence-electron chi connectivity index (χ0n) is 14.3. The summed E-state index contributed by atoms with van der Waals surface area (Å²) in [6, 6.07) is 3.93. The van der Waals surface area contributed by atoms with Crippen molar-refractivity contribution in [3.63, 3.8) is 0 Å². The van der Waals surface area contributed by atoms with Gasteiger partial charge in [0.1, 0.15) is 5.01 Å². The molecule has 1 aliphatic rings. The first-order valence-corrected chi connectivity index (χ1v) is 9.67. The van der Waals surface area contributed by atoms with Crippen molar-refractivity contribution >= 4 is 17.2 Å². The third-order valence-corrected chi connectivity index (χ3v) is 5.96. The van der Waals surface area contributed by atoms with E-state index in [1.807, 2.05) is 25.3 Å². The molecule has 4 nitrogen and oxygen atoms in total. The number of carbonyl (C=O) groups excluding carboxylic acids is 1. The highest BCUT2D eigenvalue weighted by molar-refractivity contribution is 7.15. The molecule has 1 amide bonds.